The number of benzene rings is 1. The van der Waals surface area contributed by atoms with Crippen molar-refractivity contribution in [2.75, 3.05) is 11.9 Å². The van der Waals surface area contributed by atoms with E-state index in [0.29, 0.717) is 0 Å². The van der Waals surface area contributed by atoms with Crippen molar-refractivity contribution in [3.63, 3.8) is 0 Å². The van der Waals surface area contributed by atoms with Crippen LogP contribution in [0.2, 0.25) is 5.02 Å². The molecule has 0 bridgehead atoms. The highest BCUT2D eigenvalue weighted by molar-refractivity contribution is 7.98. The third-order valence-electron chi connectivity index (χ3n) is 4.62. The Morgan fingerprint density at radius 2 is 2.04 bits per heavy atom. The van der Waals surface area contributed by atoms with Gasteiger partial charge in [-0.15, -0.1) is 23.1 Å². The fraction of sp³-hybridized carbons (Fsp3) is 0.400. The van der Waals surface area contributed by atoms with Crippen molar-refractivity contribution < 1.29 is 0 Å². The molecule has 3 nitrogen and oxygen atoms in total. The molecule has 0 saturated heterocycles. The summed E-state index contributed by atoms with van der Waals surface area (Å²) in [5, 5.41) is 5.62. The van der Waals surface area contributed by atoms with Crippen LogP contribution in [0.25, 0.3) is 10.2 Å². The molecule has 0 saturated carbocycles. The number of nitrogens with one attached hydrogen (secondary N) is 1. The second-order valence-corrected chi connectivity index (χ2v) is 9.12. The van der Waals surface area contributed by atoms with E-state index < -0.39 is 0 Å². The van der Waals surface area contributed by atoms with Gasteiger partial charge in [0, 0.05) is 21.3 Å². The third kappa shape index (κ3) is 3.85. The molecule has 6 heteroatoms. The highest BCUT2D eigenvalue weighted by Crippen LogP contribution is 2.40. The largest absolute Gasteiger partial charge is 0.369 e. The van der Waals surface area contributed by atoms with E-state index in [1.807, 2.05) is 35.6 Å². The number of rotatable bonds is 7. The summed E-state index contributed by atoms with van der Waals surface area (Å²) in [5.41, 5.74) is 1.49. The molecule has 4 rings (SSSR count). The van der Waals surface area contributed by atoms with Crippen LogP contribution in [-0.4, -0.2) is 16.5 Å². The van der Waals surface area contributed by atoms with Gasteiger partial charge in [-0.1, -0.05) is 24.9 Å². The molecule has 2 heterocycles. The molecule has 136 valence electrons. The molecule has 1 aromatic carbocycles. The topological polar surface area (TPSA) is 37.8 Å². The molecule has 26 heavy (non-hydrogen) atoms. The minimum Gasteiger partial charge on any atom is -0.369 e. The normalized spacial score (nSPS) is 13.3. The number of thioether (sulfide) groups is 1. The maximum atomic E-state index is 5.97. The van der Waals surface area contributed by atoms with Gasteiger partial charge in [-0.25, -0.2) is 9.97 Å². The highest BCUT2D eigenvalue weighted by Gasteiger charge is 2.22. The summed E-state index contributed by atoms with van der Waals surface area (Å²) < 4.78 is 0. The molecule has 0 amide bonds. The smallest absolute Gasteiger partial charge is 0.142 e. The van der Waals surface area contributed by atoms with E-state index in [1.54, 1.807) is 11.8 Å². The van der Waals surface area contributed by atoms with Crippen LogP contribution in [0.5, 0.6) is 0 Å². The fourth-order valence-electron chi connectivity index (χ4n) is 3.29. The molecule has 0 fully saturated rings. The van der Waals surface area contributed by atoms with Crippen molar-refractivity contribution in [2.45, 2.75) is 49.7 Å². The highest BCUT2D eigenvalue weighted by atomic mass is 35.5. The van der Waals surface area contributed by atoms with Crippen LogP contribution in [0.3, 0.4) is 0 Å². The van der Waals surface area contributed by atoms with Crippen LogP contribution in [0.15, 0.2) is 29.2 Å². The Hall–Kier alpha value is -1.30. The summed E-state index contributed by atoms with van der Waals surface area (Å²) >= 11 is 9.58. The van der Waals surface area contributed by atoms with Gasteiger partial charge < -0.3 is 5.32 Å². The number of unbranched alkanes of at least 4 members (excludes halogenated alkanes) is 1. The van der Waals surface area contributed by atoms with Gasteiger partial charge in [0.1, 0.15) is 16.5 Å². The minimum absolute atomic E-state index is 0.766. The Kier molecular flexibility index (Phi) is 5.67. The van der Waals surface area contributed by atoms with Crippen molar-refractivity contribution in [2.24, 2.45) is 0 Å². The van der Waals surface area contributed by atoms with Crippen molar-refractivity contribution in [1.29, 1.82) is 0 Å². The van der Waals surface area contributed by atoms with Crippen LogP contribution < -0.4 is 5.32 Å². The molecule has 1 N–H and O–H groups in total. The number of hydrogen-bond acceptors (Lipinski definition) is 5. The summed E-state index contributed by atoms with van der Waals surface area (Å²) in [6.07, 6.45) is 5.97. The first kappa shape index (κ1) is 18.1. The Morgan fingerprint density at radius 3 is 2.85 bits per heavy atom. The lowest BCUT2D eigenvalue weighted by Crippen LogP contribution is -2.06. The number of hydrogen-bond donors (Lipinski definition) is 1. The van der Waals surface area contributed by atoms with Gasteiger partial charge in [0.15, 0.2) is 0 Å². The lowest BCUT2D eigenvalue weighted by molar-refractivity contribution is 0.830. The van der Waals surface area contributed by atoms with Gasteiger partial charge in [-0.05, 0) is 55.5 Å². The zero-order chi connectivity index (χ0) is 17.9. The summed E-state index contributed by atoms with van der Waals surface area (Å²) in [4.78, 5) is 13.6. The van der Waals surface area contributed by atoms with E-state index in [0.717, 1.165) is 40.2 Å². The molecule has 1 aliphatic carbocycles. The van der Waals surface area contributed by atoms with Crippen LogP contribution in [-0.2, 0) is 18.6 Å². The van der Waals surface area contributed by atoms with Gasteiger partial charge in [0.05, 0.1) is 11.1 Å². The van der Waals surface area contributed by atoms with Gasteiger partial charge in [-0.3, -0.25) is 0 Å². The summed E-state index contributed by atoms with van der Waals surface area (Å²) in [7, 11) is 0. The Balaban J connectivity index is 1.61. The quantitative estimate of drug-likeness (QED) is 0.369. The standard InChI is InChI=1S/C20H22ClN3S2/c1-2-3-11-22-19-18-15-5-4-6-16(15)26-20(18)24-17(23-19)12-25-14-9-7-13(21)8-10-14/h7-10H,2-6,11-12H2,1H3,(H,22,23,24). The predicted octanol–water partition coefficient (Wildman–Crippen LogP) is 6.34. The van der Waals surface area contributed by atoms with Gasteiger partial charge >= 0.3 is 0 Å². The van der Waals surface area contributed by atoms with Crippen molar-refractivity contribution in [1.82, 2.24) is 9.97 Å². The molecule has 0 aliphatic heterocycles. The van der Waals surface area contributed by atoms with Crippen LogP contribution in [0, 0.1) is 0 Å². The molecule has 2 aromatic heterocycles. The SMILES string of the molecule is CCCCNc1nc(CSc2ccc(Cl)cc2)nc2sc3c(c12)CCC3. The number of nitrogens with zero attached hydrogens (tertiary/aromatic N) is 2. The molecule has 0 atom stereocenters. The maximum Gasteiger partial charge on any atom is 0.142 e. The lowest BCUT2D eigenvalue weighted by Gasteiger charge is -2.10. The second kappa shape index (κ2) is 8.15. The van der Waals surface area contributed by atoms with Gasteiger partial charge in [0.25, 0.3) is 0 Å². The lowest BCUT2D eigenvalue weighted by atomic mass is 10.2. The van der Waals surface area contributed by atoms with E-state index in [-0.39, 0.29) is 0 Å². The molecule has 0 unspecified atom stereocenters. The van der Waals surface area contributed by atoms with Crippen molar-refractivity contribution in [3.05, 3.63) is 45.6 Å². The predicted molar refractivity (Wildman–Crippen MR) is 114 cm³/mol. The van der Waals surface area contributed by atoms with E-state index in [1.165, 1.54) is 46.4 Å². The molecule has 0 radical (unpaired) electrons. The molecule has 0 spiro atoms. The zero-order valence-electron chi connectivity index (χ0n) is 14.8. The number of anilines is 1. The summed E-state index contributed by atoms with van der Waals surface area (Å²) in [6, 6.07) is 7.95. The van der Waals surface area contributed by atoms with E-state index in [4.69, 9.17) is 21.6 Å². The minimum atomic E-state index is 0.766. The first-order valence-electron chi connectivity index (χ1n) is 9.18. The molecular weight excluding hydrogens is 382 g/mol. The number of fused-ring (bicyclic) bond motifs is 3. The van der Waals surface area contributed by atoms with Crippen LogP contribution >= 0.6 is 34.7 Å². The molecule has 1 aliphatic rings. The first-order chi connectivity index (χ1) is 12.7. The number of halogens is 1. The van der Waals surface area contributed by atoms with E-state index in [9.17, 15) is 0 Å². The van der Waals surface area contributed by atoms with Gasteiger partial charge in [-0.2, -0.15) is 0 Å². The van der Waals surface area contributed by atoms with Crippen molar-refractivity contribution >= 4 is 50.7 Å². The number of aryl methyl sites for hydroxylation is 2. The molecule has 3 aromatic rings. The third-order valence-corrected chi connectivity index (χ3v) is 7.06. The fourth-order valence-corrected chi connectivity index (χ4v) is 5.45. The summed E-state index contributed by atoms with van der Waals surface area (Å²) in [5.74, 6) is 2.70. The average Bonchev–Trinajstić information content (AvgIpc) is 3.22. The molecular formula is C20H22ClN3S2. The number of thiophene rings is 1. The monoisotopic (exact) mass is 403 g/mol. The van der Waals surface area contributed by atoms with Gasteiger partial charge in [0.2, 0.25) is 0 Å². The van der Waals surface area contributed by atoms with E-state index >= 15 is 0 Å². The van der Waals surface area contributed by atoms with Crippen LogP contribution in [0.4, 0.5) is 5.82 Å². The second-order valence-electron chi connectivity index (χ2n) is 6.55. The van der Waals surface area contributed by atoms with Crippen LogP contribution in [0.1, 0.15) is 42.5 Å². The maximum absolute atomic E-state index is 5.97. The Morgan fingerprint density at radius 1 is 1.19 bits per heavy atom. The summed E-state index contributed by atoms with van der Waals surface area (Å²) in [6.45, 7) is 3.19. The van der Waals surface area contributed by atoms with Crippen molar-refractivity contribution in [3.8, 4) is 0 Å². The first-order valence-corrected chi connectivity index (χ1v) is 11.4. The Labute approximate surface area is 167 Å². The Bertz CT molecular complexity index is 906. The zero-order valence-corrected chi connectivity index (χ0v) is 17.2. The number of aromatic nitrogens is 2. The average molecular weight is 404 g/mol. The van der Waals surface area contributed by atoms with E-state index in [2.05, 4.69) is 12.2 Å².